The van der Waals surface area contributed by atoms with Crippen LogP contribution in [0, 0.1) is 0 Å². The Labute approximate surface area is 134 Å². The average molecular weight is 319 g/mol. The van der Waals surface area contributed by atoms with E-state index < -0.39 is 5.97 Å². The van der Waals surface area contributed by atoms with Crippen LogP contribution in [0.4, 0.5) is 0 Å². The van der Waals surface area contributed by atoms with Gasteiger partial charge in [-0.3, -0.25) is 0 Å². The van der Waals surface area contributed by atoms with E-state index in [0.717, 1.165) is 5.56 Å². The second kappa shape index (κ2) is 6.28. The van der Waals surface area contributed by atoms with Crippen molar-refractivity contribution in [3.63, 3.8) is 0 Å². The third-order valence-corrected chi connectivity index (χ3v) is 3.43. The van der Waals surface area contributed by atoms with Crippen LogP contribution in [0.3, 0.4) is 0 Å². The average Bonchev–Trinajstić information content (AvgIpc) is 2.95. The van der Waals surface area contributed by atoms with Crippen molar-refractivity contribution in [2.75, 3.05) is 13.7 Å². The molecule has 0 atom stereocenters. The largest absolute Gasteiger partial charge is 0.504 e. The standard InChI is InChI=1S/C16H21N3O4/c1-6-23-15(21)13-12(17-19-18-13)10-7-9(16(2,3)4)8-11(22-5)14(10)20/h7-8,20H,6H2,1-5H3,(H,17,18,19). The molecule has 23 heavy (non-hydrogen) atoms. The Morgan fingerprint density at radius 3 is 2.57 bits per heavy atom. The molecule has 1 aromatic heterocycles. The van der Waals surface area contributed by atoms with Gasteiger partial charge in [0.25, 0.3) is 0 Å². The number of aromatic nitrogens is 3. The highest BCUT2D eigenvalue weighted by atomic mass is 16.5. The molecule has 0 aliphatic rings. The summed E-state index contributed by atoms with van der Waals surface area (Å²) in [6.07, 6.45) is 0. The van der Waals surface area contributed by atoms with Gasteiger partial charge in [-0.05, 0) is 30.0 Å². The van der Waals surface area contributed by atoms with Crippen LogP contribution in [-0.2, 0) is 10.2 Å². The number of H-pyrrole nitrogens is 1. The number of phenolic OH excluding ortho intramolecular Hbond substituents is 1. The van der Waals surface area contributed by atoms with E-state index in [2.05, 4.69) is 15.4 Å². The van der Waals surface area contributed by atoms with Gasteiger partial charge in [-0.2, -0.15) is 10.3 Å². The van der Waals surface area contributed by atoms with Gasteiger partial charge in [0.15, 0.2) is 17.2 Å². The number of rotatable bonds is 4. The van der Waals surface area contributed by atoms with Crippen molar-refractivity contribution >= 4 is 5.97 Å². The summed E-state index contributed by atoms with van der Waals surface area (Å²) in [6, 6.07) is 3.54. The molecular formula is C16H21N3O4. The summed E-state index contributed by atoms with van der Waals surface area (Å²) in [5.41, 5.74) is 1.37. The molecule has 0 fully saturated rings. The molecule has 0 aliphatic heterocycles. The van der Waals surface area contributed by atoms with E-state index in [1.54, 1.807) is 19.1 Å². The van der Waals surface area contributed by atoms with E-state index >= 15 is 0 Å². The van der Waals surface area contributed by atoms with Crippen LogP contribution < -0.4 is 4.74 Å². The fourth-order valence-corrected chi connectivity index (χ4v) is 2.14. The minimum absolute atomic E-state index is 0.0234. The van der Waals surface area contributed by atoms with Gasteiger partial charge in [0, 0.05) is 0 Å². The summed E-state index contributed by atoms with van der Waals surface area (Å²) >= 11 is 0. The van der Waals surface area contributed by atoms with Crippen LogP contribution in [-0.4, -0.2) is 40.2 Å². The minimum Gasteiger partial charge on any atom is -0.504 e. The van der Waals surface area contributed by atoms with Gasteiger partial charge < -0.3 is 14.6 Å². The summed E-state index contributed by atoms with van der Waals surface area (Å²) in [5, 5.41) is 20.7. The van der Waals surface area contributed by atoms with Crippen LogP contribution in [0.25, 0.3) is 11.3 Å². The molecular weight excluding hydrogens is 298 g/mol. The maximum absolute atomic E-state index is 12.0. The summed E-state index contributed by atoms with van der Waals surface area (Å²) in [5.74, 6) is -0.388. The number of hydrogen-bond acceptors (Lipinski definition) is 6. The number of benzene rings is 1. The molecule has 0 bridgehead atoms. The van der Waals surface area contributed by atoms with Crippen molar-refractivity contribution in [3.05, 3.63) is 23.4 Å². The monoisotopic (exact) mass is 319 g/mol. The Morgan fingerprint density at radius 1 is 1.30 bits per heavy atom. The lowest BCUT2D eigenvalue weighted by Crippen LogP contribution is -2.12. The van der Waals surface area contributed by atoms with Crippen molar-refractivity contribution in [3.8, 4) is 22.8 Å². The second-order valence-corrected chi connectivity index (χ2v) is 6.07. The van der Waals surface area contributed by atoms with E-state index in [9.17, 15) is 9.90 Å². The Hall–Kier alpha value is -2.57. The summed E-state index contributed by atoms with van der Waals surface area (Å²) in [7, 11) is 1.47. The molecule has 2 N–H and O–H groups in total. The first-order valence-electron chi connectivity index (χ1n) is 7.29. The Morgan fingerprint density at radius 2 is 2.00 bits per heavy atom. The van der Waals surface area contributed by atoms with Gasteiger partial charge in [0.1, 0.15) is 5.69 Å². The molecule has 0 saturated carbocycles. The fraction of sp³-hybridized carbons (Fsp3) is 0.438. The molecule has 1 aromatic carbocycles. The quantitative estimate of drug-likeness (QED) is 0.841. The van der Waals surface area contributed by atoms with Crippen molar-refractivity contribution < 1.29 is 19.4 Å². The summed E-state index contributed by atoms with van der Waals surface area (Å²) in [6.45, 7) is 8.05. The number of aromatic hydroxyl groups is 1. The zero-order valence-electron chi connectivity index (χ0n) is 13.9. The molecule has 0 spiro atoms. The van der Waals surface area contributed by atoms with Crippen molar-refractivity contribution in [1.82, 2.24) is 15.4 Å². The molecule has 124 valence electrons. The highest BCUT2D eigenvalue weighted by Gasteiger charge is 2.25. The predicted octanol–water partition coefficient (Wildman–Crippen LogP) is 2.66. The lowest BCUT2D eigenvalue weighted by Gasteiger charge is -2.21. The van der Waals surface area contributed by atoms with E-state index in [1.165, 1.54) is 7.11 Å². The molecule has 0 aliphatic carbocycles. The number of hydrogen-bond donors (Lipinski definition) is 2. The first kappa shape index (κ1) is 16.8. The van der Waals surface area contributed by atoms with Gasteiger partial charge in [-0.1, -0.05) is 20.8 Å². The maximum Gasteiger partial charge on any atom is 0.361 e. The number of ether oxygens (including phenoxy) is 2. The second-order valence-electron chi connectivity index (χ2n) is 6.07. The fourth-order valence-electron chi connectivity index (χ4n) is 2.14. The van der Waals surface area contributed by atoms with Crippen LogP contribution in [0.2, 0.25) is 0 Å². The Balaban J connectivity index is 2.64. The predicted molar refractivity (Wildman–Crippen MR) is 84.7 cm³/mol. The minimum atomic E-state index is -0.601. The molecule has 0 amide bonds. The van der Waals surface area contributed by atoms with Crippen molar-refractivity contribution in [1.29, 1.82) is 0 Å². The molecule has 0 radical (unpaired) electrons. The van der Waals surface area contributed by atoms with Crippen LogP contribution in [0.15, 0.2) is 12.1 Å². The van der Waals surface area contributed by atoms with Crippen LogP contribution >= 0.6 is 0 Å². The van der Waals surface area contributed by atoms with E-state index in [0.29, 0.717) is 11.3 Å². The van der Waals surface area contributed by atoms with Gasteiger partial charge in [0.05, 0.1) is 19.3 Å². The number of phenols is 1. The highest BCUT2D eigenvalue weighted by molar-refractivity contribution is 5.95. The molecule has 1 heterocycles. The van der Waals surface area contributed by atoms with Crippen LogP contribution in [0.5, 0.6) is 11.5 Å². The van der Waals surface area contributed by atoms with E-state index in [-0.39, 0.29) is 29.2 Å². The zero-order valence-corrected chi connectivity index (χ0v) is 13.9. The SMILES string of the molecule is CCOC(=O)c1n[nH]nc1-c1cc(C(C)(C)C)cc(OC)c1O. The first-order chi connectivity index (χ1) is 10.8. The topological polar surface area (TPSA) is 97.3 Å². The number of nitrogens with one attached hydrogen (secondary N) is 1. The third kappa shape index (κ3) is 3.28. The van der Waals surface area contributed by atoms with Gasteiger partial charge >= 0.3 is 5.97 Å². The van der Waals surface area contributed by atoms with E-state index in [1.807, 2.05) is 20.8 Å². The highest BCUT2D eigenvalue weighted by Crippen LogP contribution is 2.41. The number of esters is 1. The van der Waals surface area contributed by atoms with Gasteiger partial charge in [0.2, 0.25) is 0 Å². The number of aromatic amines is 1. The number of carbonyl (C=O) groups is 1. The maximum atomic E-state index is 12.0. The Bertz CT molecular complexity index is 717. The van der Waals surface area contributed by atoms with E-state index in [4.69, 9.17) is 9.47 Å². The molecule has 7 nitrogen and oxygen atoms in total. The molecule has 2 rings (SSSR count). The number of carbonyl (C=O) groups excluding carboxylic acids is 1. The third-order valence-electron chi connectivity index (χ3n) is 3.43. The smallest absolute Gasteiger partial charge is 0.361 e. The first-order valence-corrected chi connectivity index (χ1v) is 7.29. The number of nitrogens with zero attached hydrogens (tertiary/aromatic N) is 2. The zero-order chi connectivity index (χ0) is 17.2. The normalized spacial score (nSPS) is 11.3. The Kier molecular flexibility index (Phi) is 4.58. The molecule has 0 unspecified atom stereocenters. The molecule has 7 heteroatoms. The molecule has 2 aromatic rings. The van der Waals surface area contributed by atoms with Crippen molar-refractivity contribution in [2.45, 2.75) is 33.1 Å². The van der Waals surface area contributed by atoms with Gasteiger partial charge in [-0.15, -0.1) is 5.10 Å². The number of methoxy groups -OCH3 is 1. The van der Waals surface area contributed by atoms with Crippen LogP contribution in [0.1, 0.15) is 43.7 Å². The summed E-state index contributed by atoms with van der Waals surface area (Å²) in [4.78, 5) is 12.0. The van der Waals surface area contributed by atoms with Gasteiger partial charge in [-0.25, -0.2) is 4.79 Å². The van der Waals surface area contributed by atoms with Crippen molar-refractivity contribution in [2.24, 2.45) is 0 Å². The lowest BCUT2D eigenvalue weighted by molar-refractivity contribution is 0.0520. The summed E-state index contributed by atoms with van der Waals surface area (Å²) < 4.78 is 10.2. The lowest BCUT2D eigenvalue weighted by atomic mass is 9.85. The molecule has 0 saturated heterocycles.